The molecule has 0 N–H and O–H groups in total. The molecule has 0 aromatic heterocycles. The monoisotopic (exact) mass is 347 g/mol. The highest BCUT2D eigenvalue weighted by atomic mass is 16.1. The Balaban J connectivity index is 2.02. The lowest BCUT2D eigenvalue weighted by atomic mass is 9.78. The fourth-order valence-corrected chi connectivity index (χ4v) is 4.50. The molecule has 134 valence electrons. The third-order valence-corrected chi connectivity index (χ3v) is 5.70. The molecule has 2 aliphatic rings. The predicted octanol–water partition coefficient (Wildman–Crippen LogP) is 4.58. The van der Waals surface area contributed by atoms with Crippen molar-refractivity contribution in [3.05, 3.63) is 63.7 Å². The van der Waals surface area contributed by atoms with E-state index >= 15 is 0 Å². The zero-order valence-electron chi connectivity index (χ0n) is 15.6. The first-order chi connectivity index (χ1) is 12.7. The lowest BCUT2D eigenvalue weighted by molar-refractivity contribution is 0.0978. The molecule has 2 aromatic carbocycles. The van der Waals surface area contributed by atoms with Crippen molar-refractivity contribution in [1.29, 1.82) is 0 Å². The van der Waals surface area contributed by atoms with Crippen LogP contribution in [0.5, 0.6) is 0 Å². The summed E-state index contributed by atoms with van der Waals surface area (Å²) in [7, 11) is 0. The highest BCUT2D eigenvalue weighted by molar-refractivity contribution is 6.30. The Morgan fingerprint density at radius 1 is 0.923 bits per heavy atom. The van der Waals surface area contributed by atoms with Crippen molar-refractivity contribution < 1.29 is 9.59 Å². The number of hydrogen-bond donors (Lipinski definition) is 0. The molecule has 1 saturated heterocycles. The van der Waals surface area contributed by atoms with Crippen molar-refractivity contribution in [2.24, 2.45) is 0 Å². The van der Waals surface area contributed by atoms with Gasteiger partial charge in [-0.15, -0.1) is 0 Å². The summed E-state index contributed by atoms with van der Waals surface area (Å²) in [5.41, 5.74) is 5.70. The van der Waals surface area contributed by atoms with E-state index in [4.69, 9.17) is 0 Å². The molecule has 26 heavy (non-hydrogen) atoms. The van der Waals surface area contributed by atoms with Crippen LogP contribution in [-0.4, -0.2) is 24.7 Å². The van der Waals surface area contributed by atoms with Crippen LogP contribution in [0.2, 0.25) is 0 Å². The molecule has 1 aliphatic heterocycles. The van der Waals surface area contributed by atoms with E-state index in [1.54, 1.807) is 12.1 Å². The highest BCUT2D eigenvalue weighted by Crippen LogP contribution is 2.39. The largest absolute Gasteiger partial charge is 0.371 e. The molecule has 1 aliphatic carbocycles. The number of anilines is 1. The fraction of sp³-hybridized carbons (Fsp3) is 0.391. The number of nitrogens with zero attached hydrogens (tertiary/aromatic N) is 1. The van der Waals surface area contributed by atoms with E-state index < -0.39 is 0 Å². The van der Waals surface area contributed by atoms with E-state index in [9.17, 15) is 9.59 Å². The molecule has 1 fully saturated rings. The number of ketones is 2. The van der Waals surface area contributed by atoms with Crippen LogP contribution in [0.1, 0.15) is 76.1 Å². The summed E-state index contributed by atoms with van der Waals surface area (Å²) < 4.78 is 0. The van der Waals surface area contributed by atoms with Gasteiger partial charge in [-0.25, -0.2) is 0 Å². The van der Waals surface area contributed by atoms with E-state index in [1.807, 2.05) is 12.1 Å². The molecule has 3 heteroatoms. The third kappa shape index (κ3) is 2.49. The molecule has 0 radical (unpaired) electrons. The SMILES string of the molecule is CCCc1cc(N2CCCC2)c2c(c1CC)C(=O)c1ccccc1C2=O. The van der Waals surface area contributed by atoms with Gasteiger partial charge in [0.1, 0.15) is 0 Å². The van der Waals surface area contributed by atoms with Crippen molar-refractivity contribution in [3.8, 4) is 0 Å². The van der Waals surface area contributed by atoms with Crippen molar-refractivity contribution in [2.75, 3.05) is 18.0 Å². The molecule has 0 unspecified atom stereocenters. The van der Waals surface area contributed by atoms with Crippen LogP contribution in [0.25, 0.3) is 0 Å². The number of carbonyl (C=O) groups is 2. The Morgan fingerprint density at radius 2 is 1.54 bits per heavy atom. The first-order valence-electron chi connectivity index (χ1n) is 9.79. The molecule has 0 bridgehead atoms. The molecule has 3 nitrogen and oxygen atoms in total. The maximum Gasteiger partial charge on any atom is 0.196 e. The number of aryl methyl sites for hydroxylation is 1. The average Bonchev–Trinajstić information content (AvgIpc) is 3.20. The summed E-state index contributed by atoms with van der Waals surface area (Å²) in [6.07, 6.45) is 5.04. The van der Waals surface area contributed by atoms with Gasteiger partial charge in [-0.05, 0) is 42.9 Å². The van der Waals surface area contributed by atoms with Crippen molar-refractivity contribution in [3.63, 3.8) is 0 Å². The Morgan fingerprint density at radius 3 is 2.12 bits per heavy atom. The zero-order valence-corrected chi connectivity index (χ0v) is 15.6. The third-order valence-electron chi connectivity index (χ3n) is 5.70. The summed E-state index contributed by atoms with van der Waals surface area (Å²) in [5.74, 6) is 0.0281. The molecule has 2 aromatic rings. The minimum atomic E-state index is 0.00912. The van der Waals surface area contributed by atoms with E-state index in [0.29, 0.717) is 22.3 Å². The number of carbonyl (C=O) groups excluding carboxylic acids is 2. The quantitative estimate of drug-likeness (QED) is 0.693. The van der Waals surface area contributed by atoms with Crippen LogP contribution in [0, 0.1) is 0 Å². The lowest BCUT2D eigenvalue weighted by Gasteiger charge is -2.29. The second-order valence-corrected chi connectivity index (χ2v) is 7.28. The number of hydrogen-bond acceptors (Lipinski definition) is 3. The Bertz CT molecular complexity index is 891. The van der Waals surface area contributed by atoms with Gasteiger partial charge in [0.15, 0.2) is 11.6 Å². The number of rotatable bonds is 4. The van der Waals surface area contributed by atoms with Crippen molar-refractivity contribution in [2.45, 2.75) is 46.0 Å². The normalized spacial score (nSPS) is 16.0. The van der Waals surface area contributed by atoms with Gasteiger partial charge in [0.25, 0.3) is 0 Å². The first kappa shape index (κ1) is 17.0. The molecule has 0 amide bonds. The second kappa shape index (κ2) is 6.71. The molecular formula is C23H25NO2. The van der Waals surface area contributed by atoms with E-state index in [2.05, 4.69) is 24.8 Å². The minimum Gasteiger partial charge on any atom is -0.371 e. The smallest absolute Gasteiger partial charge is 0.196 e. The summed E-state index contributed by atoms with van der Waals surface area (Å²) in [6, 6.07) is 9.47. The zero-order chi connectivity index (χ0) is 18.3. The maximum atomic E-state index is 13.4. The Labute approximate surface area is 155 Å². The van der Waals surface area contributed by atoms with Gasteiger partial charge in [-0.3, -0.25) is 9.59 Å². The van der Waals surface area contributed by atoms with Gasteiger partial charge in [-0.1, -0.05) is 44.5 Å². The van der Waals surface area contributed by atoms with Crippen molar-refractivity contribution in [1.82, 2.24) is 0 Å². The van der Waals surface area contributed by atoms with Gasteiger partial charge in [0.05, 0.1) is 5.56 Å². The van der Waals surface area contributed by atoms with Crippen LogP contribution in [0.15, 0.2) is 30.3 Å². The van der Waals surface area contributed by atoms with Gasteiger partial charge in [0.2, 0.25) is 0 Å². The van der Waals surface area contributed by atoms with Gasteiger partial charge in [-0.2, -0.15) is 0 Å². The molecule has 1 heterocycles. The van der Waals surface area contributed by atoms with Crippen LogP contribution in [0.3, 0.4) is 0 Å². The minimum absolute atomic E-state index is 0.00912. The van der Waals surface area contributed by atoms with Crippen LogP contribution < -0.4 is 4.90 Å². The molecular weight excluding hydrogens is 322 g/mol. The Hall–Kier alpha value is -2.42. The van der Waals surface area contributed by atoms with Gasteiger partial charge in [0, 0.05) is 35.5 Å². The number of fused-ring (bicyclic) bond motifs is 2. The number of benzene rings is 2. The van der Waals surface area contributed by atoms with E-state index in [-0.39, 0.29) is 11.6 Å². The molecule has 0 saturated carbocycles. The molecule has 4 rings (SSSR count). The standard InChI is InChI=1S/C23H25NO2/c1-3-9-15-14-19(24-12-7-8-13-24)21-20(16(15)4-2)22(25)17-10-5-6-11-18(17)23(21)26/h5-6,10-11,14H,3-4,7-9,12-13H2,1-2H3. The maximum absolute atomic E-state index is 13.4. The van der Waals surface area contributed by atoms with E-state index in [1.165, 1.54) is 5.56 Å². The van der Waals surface area contributed by atoms with Crippen LogP contribution in [-0.2, 0) is 12.8 Å². The summed E-state index contributed by atoms with van der Waals surface area (Å²) >= 11 is 0. The van der Waals surface area contributed by atoms with E-state index in [0.717, 1.165) is 56.4 Å². The Kier molecular flexibility index (Phi) is 4.39. The van der Waals surface area contributed by atoms with Gasteiger partial charge >= 0.3 is 0 Å². The summed E-state index contributed by atoms with van der Waals surface area (Å²) in [6.45, 7) is 6.18. The summed E-state index contributed by atoms with van der Waals surface area (Å²) in [5, 5.41) is 0. The molecule has 0 spiro atoms. The summed E-state index contributed by atoms with van der Waals surface area (Å²) in [4.78, 5) is 29.1. The topological polar surface area (TPSA) is 37.4 Å². The van der Waals surface area contributed by atoms with Crippen LogP contribution >= 0.6 is 0 Å². The van der Waals surface area contributed by atoms with Gasteiger partial charge < -0.3 is 4.90 Å². The van der Waals surface area contributed by atoms with Crippen molar-refractivity contribution >= 4 is 17.3 Å². The lowest BCUT2D eigenvalue weighted by Crippen LogP contribution is -2.28. The van der Waals surface area contributed by atoms with Crippen LogP contribution in [0.4, 0.5) is 5.69 Å². The predicted molar refractivity (Wildman–Crippen MR) is 105 cm³/mol. The average molecular weight is 347 g/mol. The molecule has 0 atom stereocenters. The first-order valence-corrected chi connectivity index (χ1v) is 9.79. The fourth-order valence-electron chi connectivity index (χ4n) is 4.50. The highest BCUT2D eigenvalue weighted by Gasteiger charge is 2.35. The second-order valence-electron chi connectivity index (χ2n) is 7.28.